The summed E-state index contributed by atoms with van der Waals surface area (Å²) in [4.78, 5) is 18.9. The smallest absolute Gasteiger partial charge is 0.227 e. The predicted octanol–water partition coefficient (Wildman–Crippen LogP) is 2.61. The van der Waals surface area contributed by atoms with Crippen molar-refractivity contribution >= 4 is 35.8 Å². The minimum Gasteiger partial charge on any atom is -0.356 e. The molecule has 1 spiro atoms. The molecule has 0 aromatic rings. The number of nitrogens with zero attached hydrogens (tertiary/aromatic N) is 2. The summed E-state index contributed by atoms with van der Waals surface area (Å²) in [5, 5.41) is 6.32. The molecule has 1 aliphatic carbocycles. The highest BCUT2D eigenvalue weighted by Gasteiger charge is 2.41. The minimum atomic E-state index is -0.434. The minimum absolute atomic E-state index is 0. The van der Waals surface area contributed by atoms with Crippen LogP contribution in [0, 0.1) is 10.8 Å². The van der Waals surface area contributed by atoms with Crippen LogP contribution in [0.3, 0.4) is 0 Å². The average Bonchev–Trinajstić information content (AvgIpc) is 3.11. The number of hydrogen-bond acceptors (Lipinski definition) is 2. The van der Waals surface area contributed by atoms with Crippen molar-refractivity contribution in [3.8, 4) is 0 Å². The maximum atomic E-state index is 12.1. The van der Waals surface area contributed by atoms with E-state index in [2.05, 4.69) is 20.5 Å². The van der Waals surface area contributed by atoms with Crippen LogP contribution in [-0.4, -0.2) is 50.0 Å². The molecule has 0 aromatic carbocycles. The van der Waals surface area contributed by atoms with Gasteiger partial charge in [0.1, 0.15) is 0 Å². The van der Waals surface area contributed by atoms with E-state index in [1.807, 2.05) is 27.8 Å². The van der Waals surface area contributed by atoms with Crippen molar-refractivity contribution in [2.45, 2.75) is 52.9 Å². The molecule has 1 amide bonds. The zero-order valence-corrected chi connectivity index (χ0v) is 17.4. The number of aliphatic imine (C=N–C) groups is 1. The van der Waals surface area contributed by atoms with Crippen LogP contribution in [0.2, 0.25) is 0 Å². The lowest BCUT2D eigenvalue weighted by atomic mass is 9.86. The van der Waals surface area contributed by atoms with Crippen molar-refractivity contribution in [2.24, 2.45) is 15.8 Å². The summed E-state index contributed by atoms with van der Waals surface area (Å²) in [6.45, 7) is 9.38. The number of rotatable bonds is 4. The second-order valence-corrected chi connectivity index (χ2v) is 7.52. The molecule has 6 heteroatoms. The highest BCUT2D eigenvalue weighted by molar-refractivity contribution is 14.0. The van der Waals surface area contributed by atoms with Crippen molar-refractivity contribution in [3.63, 3.8) is 0 Å². The topological polar surface area (TPSA) is 56.7 Å². The third-order valence-corrected chi connectivity index (χ3v) is 5.25. The average molecular weight is 436 g/mol. The molecule has 23 heavy (non-hydrogen) atoms. The normalized spacial score (nSPS) is 20.5. The maximum Gasteiger partial charge on any atom is 0.227 e. The van der Waals surface area contributed by atoms with Gasteiger partial charge in [0.25, 0.3) is 0 Å². The fourth-order valence-corrected chi connectivity index (χ4v) is 3.76. The first-order chi connectivity index (χ1) is 10.4. The predicted molar refractivity (Wildman–Crippen MR) is 106 cm³/mol. The highest BCUT2D eigenvalue weighted by Crippen LogP contribution is 2.45. The fourth-order valence-electron chi connectivity index (χ4n) is 3.76. The van der Waals surface area contributed by atoms with Gasteiger partial charge < -0.3 is 15.5 Å². The van der Waals surface area contributed by atoms with Crippen molar-refractivity contribution in [1.82, 2.24) is 15.5 Å². The lowest BCUT2D eigenvalue weighted by Crippen LogP contribution is -2.48. The molecule has 0 bridgehead atoms. The van der Waals surface area contributed by atoms with Crippen LogP contribution in [0.1, 0.15) is 52.9 Å². The molecular formula is C17H33IN4O. The molecule has 1 heterocycles. The Bertz CT molecular complexity index is 430. The molecule has 0 unspecified atom stereocenters. The van der Waals surface area contributed by atoms with Gasteiger partial charge in [-0.2, -0.15) is 0 Å². The van der Waals surface area contributed by atoms with Crippen LogP contribution in [0.5, 0.6) is 0 Å². The molecule has 134 valence electrons. The van der Waals surface area contributed by atoms with E-state index in [9.17, 15) is 4.79 Å². The Labute approximate surface area is 158 Å². The lowest BCUT2D eigenvalue weighted by Gasteiger charge is -2.29. The molecule has 0 atom stereocenters. The van der Waals surface area contributed by atoms with E-state index in [1.54, 1.807) is 0 Å². The Morgan fingerprint density at radius 3 is 2.43 bits per heavy atom. The molecule has 2 aliphatic rings. The van der Waals surface area contributed by atoms with Gasteiger partial charge in [-0.25, -0.2) is 0 Å². The Kier molecular flexibility index (Phi) is 7.61. The van der Waals surface area contributed by atoms with E-state index in [-0.39, 0.29) is 29.9 Å². The van der Waals surface area contributed by atoms with Crippen molar-refractivity contribution < 1.29 is 4.79 Å². The van der Waals surface area contributed by atoms with E-state index in [1.165, 1.54) is 32.1 Å². The van der Waals surface area contributed by atoms with Crippen LogP contribution < -0.4 is 10.6 Å². The van der Waals surface area contributed by atoms with Gasteiger partial charge in [-0.05, 0) is 45.4 Å². The Hall–Kier alpha value is -0.530. The van der Waals surface area contributed by atoms with Crippen LogP contribution in [0.15, 0.2) is 4.99 Å². The van der Waals surface area contributed by atoms with Gasteiger partial charge in [-0.15, -0.1) is 24.0 Å². The number of carbonyl (C=O) groups excluding carboxylic acids is 1. The number of hydrogen-bond donors (Lipinski definition) is 2. The summed E-state index contributed by atoms with van der Waals surface area (Å²) in [5.41, 5.74) is 0.101. The van der Waals surface area contributed by atoms with Crippen LogP contribution in [-0.2, 0) is 4.79 Å². The number of amides is 1. The summed E-state index contributed by atoms with van der Waals surface area (Å²) in [6.07, 6.45) is 6.78. The number of likely N-dealkylation sites (tertiary alicyclic amines) is 1. The van der Waals surface area contributed by atoms with Gasteiger partial charge >= 0.3 is 0 Å². The van der Waals surface area contributed by atoms with E-state index in [0.717, 1.165) is 19.0 Å². The van der Waals surface area contributed by atoms with Gasteiger partial charge in [-0.3, -0.25) is 9.79 Å². The van der Waals surface area contributed by atoms with Crippen LogP contribution in [0.4, 0.5) is 0 Å². The first-order valence-corrected chi connectivity index (χ1v) is 8.66. The van der Waals surface area contributed by atoms with E-state index < -0.39 is 5.41 Å². The fraction of sp³-hybridized carbons (Fsp3) is 0.882. The van der Waals surface area contributed by atoms with Crippen molar-refractivity contribution in [3.05, 3.63) is 0 Å². The Morgan fingerprint density at radius 2 is 1.87 bits per heavy atom. The first-order valence-electron chi connectivity index (χ1n) is 8.66. The van der Waals surface area contributed by atoms with Crippen molar-refractivity contribution in [2.75, 3.05) is 33.2 Å². The molecule has 0 aromatic heterocycles. The summed E-state index contributed by atoms with van der Waals surface area (Å²) in [6, 6.07) is 0. The SMILES string of the molecule is CCNC(=O)C(C)(C)CNC(=NC)N1CCC2(CCCC2)C1.I. The molecular weight excluding hydrogens is 403 g/mol. The summed E-state index contributed by atoms with van der Waals surface area (Å²) >= 11 is 0. The van der Waals surface area contributed by atoms with Crippen molar-refractivity contribution in [1.29, 1.82) is 0 Å². The van der Waals surface area contributed by atoms with E-state index >= 15 is 0 Å². The molecule has 2 N–H and O–H groups in total. The second kappa shape index (κ2) is 8.53. The molecule has 0 radical (unpaired) electrons. The number of nitrogens with one attached hydrogen (secondary N) is 2. The standard InChI is InChI=1S/C17H32N4O.HI/c1-5-19-14(22)16(2,3)12-20-15(18-4)21-11-10-17(13-21)8-6-7-9-17;/h5-13H2,1-4H3,(H,18,20)(H,19,22);1H. The second-order valence-electron chi connectivity index (χ2n) is 7.52. The summed E-state index contributed by atoms with van der Waals surface area (Å²) in [5.74, 6) is 1.03. The van der Waals surface area contributed by atoms with Gasteiger partial charge in [-0.1, -0.05) is 12.8 Å². The Balaban J connectivity index is 0.00000264. The summed E-state index contributed by atoms with van der Waals surface area (Å²) < 4.78 is 0. The largest absolute Gasteiger partial charge is 0.356 e. The quantitative estimate of drug-likeness (QED) is 0.405. The molecule has 2 fully saturated rings. The maximum absolute atomic E-state index is 12.1. The van der Waals surface area contributed by atoms with E-state index in [4.69, 9.17) is 0 Å². The molecule has 1 aliphatic heterocycles. The number of guanidine groups is 1. The van der Waals surface area contributed by atoms with Crippen LogP contribution in [0.25, 0.3) is 0 Å². The number of carbonyl (C=O) groups is 1. The van der Waals surface area contributed by atoms with Gasteiger partial charge in [0.05, 0.1) is 5.41 Å². The molecule has 5 nitrogen and oxygen atoms in total. The zero-order chi connectivity index (χ0) is 16.2. The third kappa shape index (κ3) is 4.97. The lowest BCUT2D eigenvalue weighted by molar-refractivity contribution is -0.128. The molecule has 1 saturated carbocycles. The Morgan fingerprint density at radius 1 is 1.22 bits per heavy atom. The summed E-state index contributed by atoms with van der Waals surface area (Å²) in [7, 11) is 1.83. The van der Waals surface area contributed by atoms with Gasteiger partial charge in [0.2, 0.25) is 5.91 Å². The molecule has 1 saturated heterocycles. The highest BCUT2D eigenvalue weighted by atomic mass is 127. The third-order valence-electron chi connectivity index (χ3n) is 5.25. The number of halogens is 1. The van der Waals surface area contributed by atoms with E-state index in [0.29, 0.717) is 18.5 Å². The van der Waals surface area contributed by atoms with Crippen LogP contribution >= 0.6 is 24.0 Å². The molecule has 2 rings (SSSR count). The van der Waals surface area contributed by atoms with Gasteiger partial charge in [0, 0.05) is 33.2 Å². The monoisotopic (exact) mass is 436 g/mol. The zero-order valence-electron chi connectivity index (χ0n) is 15.1. The van der Waals surface area contributed by atoms with Gasteiger partial charge in [0.15, 0.2) is 5.96 Å². The first kappa shape index (κ1) is 20.5.